The maximum Gasteiger partial charge on any atom is 0.304 e. The number of hydrogen-bond acceptors (Lipinski definition) is 3. The summed E-state index contributed by atoms with van der Waals surface area (Å²) in [6.45, 7) is 8.56. The fourth-order valence-corrected chi connectivity index (χ4v) is 2.25. The zero-order valence-electron chi connectivity index (χ0n) is 11.1. The van der Waals surface area contributed by atoms with Crippen LogP contribution in [0.1, 0.15) is 39.5 Å². The standard InChI is InChI=1S/C13H26N2O2/c1-11(2)6-9-15-8-3-4-12(10-15)14-7-5-13(16)17/h11-12,14H,3-10H2,1-2H3,(H,16,17). The molecule has 0 radical (unpaired) electrons. The number of piperidine rings is 1. The Kier molecular flexibility index (Phi) is 6.52. The molecule has 0 amide bonds. The molecule has 100 valence electrons. The second kappa shape index (κ2) is 7.67. The summed E-state index contributed by atoms with van der Waals surface area (Å²) in [6, 6.07) is 0.482. The Hall–Kier alpha value is -0.610. The van der Waals surface area contributed by atoms with Gasteiger partial charge in [0.15, 0.2) is 0 Å². The Labute approximate surface area is 104 Å². The summed E-state index contributed by atoms with van der Waals surface area (Å²) in [5.74, 6) is 0.0420. The fourth-order valence-electron chi connectivity index (χ4n) is 2.25. The van der Waals surface area contributed by atoms with Gasteiger partial charge in [-0.05, 0) is 38.3 Å². The van der Waals surface area contributed by atoms with Crippen molar-refractivity contribution >= 4 is 5.97 Å². The normalized spacial score (nSPS) is 21.9. The molecule has 1 aliphatic rings. The number of carboxylic acid groups (broad SMARTS) is 1. The van der Waals surface area contributed by atoms with Gasteiger partial charge in [-0.3, -0.25) is 4.79 Å². The smallest absolute Gasteiger partial charge is 0.304 e. The topological polar surface area (TPSA) is 52.6 Å². The highest BCUT2D eigenvalue weighted by atomic mass is 16.4. The lowest BCUT2D eigenvalue weighted by atomic mass is 10.0. The molecule has 1 fully saturated rings. The first kappa shape index (κ1) is 14.5. The predicted molar refractivity (Wildman–Crippen MR) is 69.2 cm³/mol. The molecular formula is C13H26N2O2. The van der Waals surface area contributed by atoms with E-state index in [0.29, 0.717) is 12.6 Å². The Morgan fingerprint density at radius 2 is 2.29 bits per heavy atom. The van der Waals surface area contributed by atoms with Crippen molar-refractivity contribution in [2.45, 2.75) is 45.6 Å². The van der Waals surface area contributed by atoms with Crippen molar-refractivity contribution in [1.82, 2.24) is 10.2 Å². The number of hydrogen-bond donors (Lipinski definition) is 2. The summed E-state index contributed by atoms with van der Waals surface area (Å²) < 4.78 is 0. The number of aliphatic carboxylic acids is 1. The maximum atomic E-state index is 10.4. The second-order valence-electron chi connectivity index (χ2n) is 5.42. The first-order chi connectivity index (χ1) is 8.08. The average molecular weight is 242 g/mol. The van der Waals surface area contributed by atoms with Crippen molar-refractivity contribution in [3.05, 3.63) is 0 Å². The number of likely N-dealkylation sites (tertiary alicyclic amines) is 1. The van der Waals surface area contributed by atoms with Crippen LogP contribution in [-0.2, 0) is 4.79 Å². The van der Waals surface area contributed by atoms with Crippen LogP contribution < -0.4 is 5.32 Å². The van der Waals surface area contributed by atoms with Crippen molar-refractivity contribution < 1.29 is 9.90 Å². The van der Waals surface area contributed by atoms with Gasteiger partial charge in [0.2, 0.25) is 0 Å². The van der Waals surface area contributed by atoms with Crippen molar-refractivity contribution in [3.8, 4) is 0 Å². The minimum absolute atomic E-state index is 0.225. The quantitative estimate of drug-likeness (QED) is 0.711. The molecule has 0 aromatic heterocycles. The second-order valence-corrected chi connectivity index (χ2v) is 5.42. The van der Waals surface area contributed by atoms with Crippen molar-refractivity contribution in [2.24, 2.45) is 5.92 Å². The van der Waals surface area contributed by atoms with Gasteiger partial charge >= 0.3 is 5.97 Å². The predicted octanol–water partition coefficient (Wildman–Crippen LogP) is 1.56. The van der Waals surface area contributed by atoms with Crippen molar-refractivity contribution in [3.63, 3.8) is 0 Å². The third-order valence-electron chi connectivity index (χ3n) is 3.30. The van der Waals surface area contributed by atoms with Gasteiger partial charge in [0.05, 0.1) is 6.42 Å². The summed E-state index contributed by atoms with van der Waals surface area (Å²) in [4.78, 5) is 12.9. The Balaban J connectivity index is 2.17. The number of carboxylic acids is 1. The number of carbonyl (C=O) groups is 1. The van der Waals surface area contributed by atoms with Gasteiger partial charge in [-0.1, -0.05) is 13.8 Å². The number of nitrogens with zero attached hydrogens (tertiary/aromatic N) is 1. The van der Waals surface area contributed by atoms with Crippen LogP contribution in [0.15, 0.2) is 0 Å². The molecule has 2 N–H and O–H groups in total. The number of nitrogens with one attached hydrogen (secondary N) is 1. The lowest BCUT2D eigenvalue weighted by Crippen LogP contribution is -2.46. The maximum absolute atomic E-state index is 10.4. The van der Waals surface area contributed by atoms with Crippen molar-refractivity contribution in [2.75, 3.05) is 26.2 Å². The van der Waals surface area contributed by atoms with Gasteiger partial charge in [0.25, 0.3) is 0 Å². The van der Waals surface area contributed by atoms with Gasteiger partial charge in [-0.2, -0.15) is 0 Å². The van der Waals surface area contributed by atoms with Crippen molar-refractivity contribution in [1.29, 1.82) is 0 Å². The molecule has 1 heterocycles. The molecule has 17 heavy (non-hydrogen) atoms. The van der Waals surface area contributed by atoms with E-state index in [9.17, 15) is 4.79 Å². The Morgan fingerprint density at radius 1 is 1.53 bits per heavy atom. The monoisotopic (exact) mass is 242 g/mol. The highest BCUT2D eigenvalue weighted by molar-refractivity contribution is 5.66. The molecular weight excluding hydrogens is 216 g/mol. The molecule has 0 aromatic carbocycles. The van der Waals surface area contributed by atoms with E-state index in [1.54, 1.807) is 0 Å². The lowest BCUT2D eigenvalue weighted by Gasteiger charge is -2.33. The summed E-state index contributed by atoms with van der Waals surface area (Å²) in [5, 5.41) is 11.9. The molecule has 1 unspecified atom stereocenters. The molecule has 1 rings (SSSR count). The molecule has 4 heteroatoms. The molecule has 4 nitrogen and oxygen atoms in total. The van der Waals surface area contributed by atoms with Gasteiger partial charge in [0.1, 0.15) is 0 Å². The first-order valence-corrected chi connectivity index (χ1v) is 6.75. The van der Waals surface area contributed by atoms with E-state index in [1.165, 1.54) is 32.4 Å². The third kappa shape index (κ3) is 6.64. The first-order valence-electron chi connectivity index (χ1n) is 6.75. The highest BCUT2D eigenvalue weighted by Gasteiger charge is 2.19. The summed E-state index contributed by atoms with van der Waals surface area (Å²) in [6.07, 6.45) is 3.88. The lowest BCUT2D eigenvalue weighted by molar-refractivity contribution is -0.136. The van der Waals surface area contributed by atoms with E-state index in [2.05, 4.69) is 24.1 Å². The van der Waals surface area contributed by atoms with Gasteiger partial charge < -0.3 is 15.3 Å². The largest absolute Gasteiger partial charge is 0.481 e. The summed E-state index contributed by atoms with van der Waals surface area (Å²) in [5.41, 5.74) is 0. The van der Waals surface area contributed by atoms with Gasteiger partial charge in [-0.15, -0.1) is 0 Å². The van der Waals surface area contributed by atoms with E-state index in [4.69, 9.17) is 5.11 Å². The summed E-state index contributed by atoms with van der Waals surface area (Å²) in [7, 11) is 0. The van der Waals surface area contributed by atoms with Crippen LogP contribution in [0.25, 0.3) is 0 Å². The number of rotatable bonds is 7. The zero-order chi connectivity index (χ0) is 12.7. The van der Waals surface area contributed by atoms with E-state index in [0.717, 1.165) is 12.5 Å². The third-order valence-corrected chi connectivity index (χ3v) is 3.30. The average Bonchev–Trinajstić information content (AvgIpc) is 2.26. The minimum atomic E-state index is -0.718. The van der Waals surface area contributed by atoms with Crippen LogP contribution in [-0.4, -0.2) is 48.2 Å². The molecule has 1 saturated heterocycles. The van der Waals surface area contributed by atoms with Crippen LogP contribution >= 0.6 is 0 Å². The van der Waals surface area contributed by atoms with Crippen LogP contribution in [0.4, 0.5) is 0 Å². The van der Waals surface area contributed by atoms with Gasteiger partial charge in [0, 0.05) is 19.1 Å². The fraction of sp³-hybridized carbons (Fsp3) is 0.923. The molecule has 1 aliphatic heterocycles. The zero-order valence-corrected chi connectivity index (χ0v) is 11.1. The molecule has 0 saturated carbocycles. The molecule has 0 bridgehead atoms. The molecule has 0 spiro atoms. The van der Waals surface area contributed by atoms with Crippen LogP contribution in [0.5, 0.6) is 0 Å². The van der Waals surface area contributed by atoms with E-state index in [1.807, 2.05) is 0 Å². The van der Waals surface area contributed by atoms with E-state index in [-0.39, 0.29) is 6.42 Å². The Bertz CT molecular complexity index is 231. The van der Waals surface area contributed by atoms with Crippen LogP contribution in [0.3, 0.4) is 0 Å². The highest BCUT2D eigenvalue weighted by Crippen LogP contribution is 2.12. The van der Waals surface area contributed by atoms with Gasteiger partial charge in [-0.25, -0.2) is 0 Å². The molecule has 0 aromatic rings. The SMILES string of the molecule is CC(C)CCN1CCCC(NCCC(=O)O)C1. The Morgan fingerprint density at radius 3 is 2.94 bits per heavy atom. The molecule has 0 aliphatic carbocycles. The van der Waals surface area contributed by atoms with Crippen LogP contribution in [0, 0.1) is 5.92 Å². The molecule has 1 atom stereocenters. The van der Waals surface area contributed by atoms with Crippen LogP contribution in [0.2, 0.25) is 0 Å². The minimum Gasteiger partial charge on any atom is -0.481 e. The van der Waals surface area contributed by atoms with E-state index >= 15 is 0 Å². The summed E-state index contributed by atoms with van der Waals surface area (Å²) >= 11 is 0. The van der Waals surface area contributed by atoms with E-state index < -0.39 is 5.97 Å².